The summed E-state index contributed by atoms with van der Waals surface area (Å²) < 4.78 is 3.01. The van der Waals surface area contributed by atoms with Gasteiger partial charge in [0.05, 0.1) is 0 Å². The van der Waals surface area contributed by atoms with E-state index < -0.39 is 0 Å². The molecule has 2 aromatic heterocycles. The average molecular weight is 418 g/mol. The van der Waals surface area contributed by atoms with Crippen LogP contribution in [-0.2, 0) is 0 Å². The summed E-state index contributed by atoms with van der Waals surface area (Å²) in [6, 6.07) is 16.5. The highest BCUT2D eigenvalue weighted by Gasteiger charge is 2.15. The Kier molecular flexibility index (Phi) is 3.42. The van der Waals surface area contributed by atoms with Gasteiger partial charge in [-0.2, -0.15) is 9.61 Å². The smallest absolute Gasteiger partial charge is 0.182 e. The number of fused-ring (bicyclic) bond motifs is 1. The Labute approximate surface area is 145 Å². The summed E-state index contributed by atoms with van der Waals surface area (Å²) >= 11 is 3.89. The summed E-state index contributed by atoms with van der Waals surface area (Å²) in [5.74, 6) is 0.781. The minimum atomic E-state index is 0.781. The van der Waals surface area contributed by atoms with Gasteiger partial charge in [0.2, 0.25) is 4.96 Å². The van der Waals surface area contributed by atoms with E-state index in [2.05, 4.69) is 76.1 Å². The van der Waals surface area contributed by atoms with Gasteiger partial charge in [0.15, 0.2) is 5.82 Å². The minimum Gasteiger partial charge on any atom is -0.182 e. The Morgan fingerprint density at radius 3 is 2.55 bits per heavy atom. The van der Waals surface area contributed by atoms with Crippen molar-refractivity contribution in [1.82, 2.24) is 19.8 Å². The van der Waals surface area contributed by atoms with Gasteiger partial charge >= 0.3 is 0 Å². The van der Waals surface area contributed by atoms with Gasteiger partial charge < -0.3 is 0 Å². The first kappa shape index (κ1) is 13.8. The maximum absolute atomic E-state index is 4.71. The average Bonchev–Trinajstić information content (AvgIpc) is 3.09. The molecule has 2 aromatic carbocycles. The molecule has 0 atom stereocenters. The summed E-state index contributed by atoms with van der Waals surface area (Å²) in [5, 5.41) is 14.2. The number of nitrogens with zero attached hydrogens (tertiary/aromatic N) is 4. The standard InChI is InChI=1S/C16H11IN4S/c1-10-6-8-11(9-7-10)14-18-19-16-21(14)20-15(22-16)12-4-2-3-5-13(12)17/h2-9H,1H3. The normalized spacial score (nSPS) is 11.2. The van der Waals surface area contributed by atoms with Gasteiger partial charge in [-0.15, -0.1) is 10.2 Å². The van der Waals surface area contributed by atoms with E-state index >= 15 is 0 Å². The third-order valence-electron chi connectivity index (χ3n) is 3.40. The lowest BCUT2D eigenvalue weighted by Gasteiger charge is -1.99. The lowest BCUT2D eigenvalue weighted by atomic mass is 10.1. The molecule has 0 saturated carbocycles. The molecule has 0 unspecified atom stereocenters. The van der Waals surface area contributed by atoms with Gasteiger partial charge in [-0.1, -0.05) is 59.4 Å². The molecule has 0 spiro atoms. The van der Waals surface area contributed by atoms with Gasteiger partial charge in [-0.3, -0.25) is 0 Å². The molecule has 108 valence electrons. The first-order valence-electron chi connectivity index (χ1n) is 6.76. The fourth-order valence-corrected chi connectivity index (χ4v) is 3.95. The summed E-state index contributed by atoms with van der Waals surface area (Å²) in [7, 11) is 0. The number of aryl methyl sites for hydroxylation is 1. The molecule has 0 bridgehead atoms. The van der Waals surface area contributed by atoms with Crippen LogP contribution in [0.2, 0.25) is 0 Å². The van der Waals surface area contributed by atoms with Crippen LogP contribution in [0.3, 0.4) is 0 Å². The van der Waals surface area contributed by atoms with E-state index in [0.717, 1.165) is 26.9 Å². The van der Waals surface area contributed by atoms with Gasteiger partial charge in [-0.05, 0) is 35.6 Å². The second-order valence-corrected chi connectivity index (χ2v) is 7.09. The number of aromatic nitrogens is 4. The van der Waals surface area contributed by atoms with Crippen LogP contribution in [0, 0.1) is 10.5 Å². The Morgan fingerprint density at radius 1 is 1.00 bits per heavy atom. The molecule has 6 heteroatoms. The van der Waals surface area contributed by atoms with Crippen LogP contribution in [0.1, 0.15) is 5.56 Å². The molecule has 4 aromatic rings. The highest BCUT2D eigenvalue weighted by atomic mass is 127. The van der Waals surface area contributed by atoms with E-state index in [4.69, 9.17) is 5.10 Å². The van der Waals surface area contributed by atoms with Gasteiger partial charge in [0, 0.05) is 14.7 Å². The Bertz CT molecular complexity index is 956. The SMILES string of the molecule is Cc1ccc(-c2nnc3sc(-c4ccccc4I)nn23)cc1. The molecule has 0 aliphatic heterocycles. The lowest BCUT2D eigenvalue weighted by molar-refractivity contribution is 0.970. The van der Waals surface area contributed by atoms with Crippen LogP contribution in [-0.4, -0.2) is 19.8 Å². The number of benzene rings is 2. The van der Waals surface area contributed by atoms with E-state index in [1.54, 1.807) is 11.3 Å². The van der Waals surface area contributed by atoms with Gasteiger partial charge in [-0.25, -0.2) is 0 Å². The topological polar surface area (TPSA) is 43.1 Å². The first-order chi connectivity index (χ1) is 10.7. The monoisotopic (exact) mass is 418 g/mol. The molecular weight excluding hydrogens is 407 g/mol. The highest BCUT2D eigenvalue weighted by molar-refractivity contribution is 14.1. The number of hydrogen-bond donors (Lipinski definition) is 0. The van der Waals surface area contributed by atoms with Crippen molar-refractivity contribution in [3.05, 3.63) is 57.7 Å². The Morgan fingerprint density at radius 2 is 1.77 bits per heavy atom. The zero-order valence-electron chi connectivity index (χ0n) is 11.7. The predicted octanol–water partition coefficient (Wildman–Crippen LogP) is 4.43. The van der Waals surface area contributed by atoms with Crippen molar-refractivity contribution < 1.29 is 0 Å². The predicted molar refractivity (Wildman–Crippen MR) is 97.0 cm³/mol. The minimum absolute atomic E-state index is 0.781. The zero-order valence-corrected chi connectivity index (χ0v) is 14.7. The molecule has 4 nitrogen and oxygen atoms in total. The van der Waals surface area contributed by atoms with Crippen LogP contribution in [0.25, 0.3) is 26.9 Å². The highest BCUT2D eigenvalue weighted by Crippen LogP contribution is 2.30. The second-order valence-electron chi connectivity index (χ2n) is 4.97. The van der Waals surface area contributed by atoms with E-state index in [0.29, 0.717) is 0 Å². The molecule has 0 fully saturated rings. The molecular formula is C16H11IN4S. The van der Waals surface area contributed by atoms with E-state index in [9.17, 15) is 0 Å². The summed E-state index contributed by atoms with van der Waals surface area (Å²) in [4.78, 5) is 0.810. The van der Waals surface area contributed by atoms with Crippen LogP contribution in [0.4, 0.5) is 0 Å². The van der Waals surface area contributed by atoms with Crippen molar-refractivity contribution in [3.63, 3.8) is 0 Å². The molecule has 4 rings (SSSR count). The Balaban J connectivity index is 1.86. The quantitative estimate of drug-likeness (QED) is 0.453. The second kappa shape index (κ2) is 5.44. The van der Waals surface area contributed by atoms with Crippen LogP contribution < -0.4 is 0 Å². The van der Waals surface area contributed by atoms with E-state index in [1.807, 2.05) is 16.6 Å². The van der Waals surface area contributed by atoms with E-state index in [1.165, 1.54) is 9.13 Å². The largest absolute Gasteiger partial charge is 0.235 e. The molecule has 2 heterocycles. The molecule has 0 saturated heterocycles. The third-order valence-corrected chi connectivity index (χ3v) is 5.28. The van der Waals surface area contributed by atoms with Crippen molar-refractivity contribution >= 4 is 38.9 Å². The zero-order chi connectivity index (χ0) is 15.1. The van der Waals surface area contributed by atoms with Gasteiger partial charge in [0.1, 0.15) is 5.01 Å². The van der Waals surface area contributed by atoms with Crippen molar-refractivity contribution in [2.24, 2.45) is 0 Å². The summed E-state index contributed by atoms with van der Waals surface area (Å²) in [6.45, 7) is 2.07. The molecule has 0 radical (unpaired) electrons. The maximum atomic E-state index is 4.71. The number of halogens is 1. The first-order valence-corrected chi connectivity index (χ1v) is 8.66. The molecule has 0 amide bonds. The number of hydrogen-bond acceptors (Lipinski definition) is 4. The van der Waals surface area contributed by atoms with Crippen LogP contribution in [0.5, 0.6) is 0 Å². The molecule has 0 N–H and O–H groups in total. The molecule has 0 aliphatic carbocycles. The van der Waals surface area contributed by atoms with E-state index in [-0.39, 0.29) is 0 Å². The molecule has 22 heavy (non-hydrogen) atoms. The Hall–Kier alpha value is -1.80. The summed E-state index contributed by atoms with van der Waals surface area (Å²) in [5.41, 5.74) is 3.38. The lowest BCUT2D eigenvalue weighted by Crippen LogP contribution is -1.91. The number of rotatable bonds is 2. The fraction of sp³-hybridized carbons (Fsp3) is 0.0625. The van der Waals surface area contributed by atoms with Crippen molar-refractivity contribution in [2.45, 2.75) is 6.92 Å². The maximum Gasteiger partial charge on any atom is 0.235 e. The van der Waals surface area contributed by atoms with Crippen molar-refractivity contribution in [2.75, 3.05) is 0 Å². The van der Waals surface area contributed by atoms with Crippen molar-refractivity contribution in [3.8, 4) is 22.0 Å². The van der Waals surface area contributed by atoms with Gasteiger partial charge in [0.25, 0.3) is 0 Å². The third kappa shape index (κ3) is 2.32. The van der Waals surface area contributed by atoms with Crippen molar-refractivity contribution in [1.29, 1.82) is 0 Å². The summed E-state index contributed by atoms with van der Waals surface area (Å²) in [6.07, 6.45) is 0. The van der Waals surface area contributed by atoms with Crippen LogP contribution >= 0.6 is 33.9 Å². The fourth-order valence-electron chi connectivity index (χ4n) is 2.24. The molecule has 0 aliphatic rings. The van der Waals surface area contributed by atoms with Crippen LogP contribution in [0.15, 0.2) is 48.5 Å².